The molecule has 2 aromatic carbocycles. The highest BCUT2D eigenvalue weighted by atomic mass is 35.5. The highest BCUT2D eigenvalue weighted by Crippen LogP contribution is 2.30. The van der Waals surface area contributed by atoms with E-state index in [1.807, 2.05) is 0 Å². The van der Waals surface area contributed by atoms with Gasteiger partial charge >= 0.3 is 4.87 Å². The normalized spacial score (nSPS) is 13.6. The van der Waals surface area contributed by atoms with E-state index in [-0.39, 0.29) is 32.7 Å². The van der Waals surface area contributed by atoms with Gasteiger partial charge < -0.3 is 9.84 Å². The van der Waals surface area contributed by atoms with Crippen LogP contribution >= 0.6 is 22.9 Å². The number of ketones is 2. The maximum absolute atomic E-state index is 12.6. The van der Waals surface area contributed by atoms with Gasteiger partial charge in [-0.25, -0.2) is 0 Å². The third-order valence-corrected chi connectivity index (χ3v) is 5.44. The number of benzene rings is 2. The van der Waals surface area contributed by atoms with Crippen molar-refractivity contribution in [3.63, 3.8) is 0 Å². The summed E-state index contributed by atoms with van der Waals surface area (Å²) in [6, 6.07) is 13.1. The fourth-order valence-electron chi connectivity index (χ4n) is 2.86. The first-order chi connectivity index (χ1) is 13.4. The second-order valence-corrected chi connectivity index (χ2v) is 7.50. The molecule has 3 aromatic rings. The number of H-pyrrole nitrogens is 1. The Bertz CT molecular complexity index is 1190. The van der Waals surface area contributed by atoms with E-state index in [4.69, 9.17) is 16.3 Å². The highest BCUT2D eigenvalue weighted by molar-refractivity contribution is 7.09. The number of thiazole rings is 1. The van der Waals surface area contributed by atoms with Gasteiger partial charge in [0.1, 0.15) is 10.8 Å². The van der Waals surface area contributed by atoms with Crippen LogP contribution in [-0.4, -0.2) is 21.7 Å². The molecule has 28 heavy (non-hydrogen) atoms. The van der Waals surface area contributed by atoms with E-state index >= 15 is 0 Å². The van der Waals surface area contributed by atoms with Gasteiger partial charge in [-0.15, -0.1) is 0 Å². The Hall–Kier alpha value is -3.16. The number of Topliss-reactive ketones (excluding diaryl/α,β-unsaturated/α-hetero) is 2. The van der Waals surface area contributed by atoms with Gasteiger partial charge in [-0.3, -0.25) is 19.4 Å². The lowest BCUT2D eigenvalue weighted by molar-refractivity contribution is 0.0943. The maximum atomic E-state index is 12.6. The summed E-state index contributed by atoms with van der Waals surface area (Å²) in [4.78, 5) is 38.8. The van der Waals surface area contributed by atoms with Crippen molar-refractivity contribution in [1.82, 2.24) is 4.98 Å². The van der Waals surface area contributed by atoms with Gasteiger partial charge in [0.15, 0.2) is 5.76 Å². The number of carbonyl (C=O) groups is 2. The number of aromatic nitrogens is 1. The van der Waals surface area contributed by atoms with Crippen molar-refractivity contribution in [2.24, 2.45) is 0 Å². The molecule has 0 spiro atoms. The molecule has 0 fully saturated rings. The second kappa shape index (κ2) is 7.10. The lowest BCUT2D eigenvalue weighted by Crippen LogP contribution is -2.23. The van der Waals surface area contributed by atoms with Crippen molar-refractivity contribution >= 4 is 34.5 Å². The van der Waals surface area contributed by atoms with E-state index < -0.39 is 11.6 Å². The molecule has 0 radical (unpaired) electrons. The number of hydrogen-bond donors (Lipinski definition) is 2. The van der Waals surface area contributed by atoms with Crippen LogP contribution in [0.4, 0.5) is 0 Å². The molecule has 0 saturated carbocycles. The Labute approximate surface area is 167 Å². The van der Waals surface area contributed by atoms with Crippen molar-refractivity contribution in [2.45, 2.75) is 6.42 Å². The summed E-state index contributed by atoms with van der Waals surface area (Å²) < 4.78 is 5.61. The van der Waals surface area contributed by atoms with Crippen LogP contribution in [0.2, 0.25) is 0 Å². The van der Waals surface area contributed by atoms with Crippen molar-refractivity contribution in [3.05, 3.63) is 90.6 Å². The van der Waals surface area contributed by atoms with E-state index in [0.29, 0.717) is 17.0 Å². The SMILES string of the molecule is O=C1C(Cl)=C(Oc2ccc(Cc3sc(=O)[nH]c3O)cc2)C(=O)c2ccccc21. The first kappa shape index (κ1) is 18.2. The molecule has 1 aromatic heterocycles. The van der Waals surface area contributed by atoms with E-state index in [1.165, 1.54) is 0 Å². The molecule has 0 amide bonds. The molecule has 0 saturated heterocycles. The molecule has 1 aliphatic rings. The van der Waals surface area contributed by atoms with E-state index in [9.17, 15) is 19.5 Å². The molecule has 6 nitrogen and oxygen atoms in total. The summed E-state index contributed by atoms with van der Waals surface area (Å²) in [5, 5.41) is 9.41. The Morgan fingerprint density at radius 3 is 2.21 bits per heavy atom. The smallest absolute Gasteiger partial charge is 0.307 e. The molecule has 0 aliphatic heterocycles. The van der Waals surface area contributed by atoms with Gasteiger partial charge in [0.05, 0.1) is 4.88 Å². The second-order valence-electron chi connectivity index (χ2n) is 6.06. The number of nitrogens with one attached hydrogen (secondary N) is 1. The third-order valence-electron chi connectivity index (χ3n) is 4.23. The summed E-state index contributed by atoms with van der Waals surface area (Å²) in [6.07, 6.45) is 0.365. The Morgan fingerprint density at radius 2 is 1.61 bits per heavy atom. The number of aromatic hydroxyl groups is 1. The van der Waals surface area contributed by atoms with Gasteiger partial charge in [-0.1, -0.05) is 59.3 Å². The zero-order chi connectivity index (χ0) is 19.8. The minimum atomic E-state index is -0.457. The number of halogens is 1. The fraction of sp³-hybridized carbons (Fsp3) is 0.0500. The average Bonchev–Trinajstić information content (AvgIpc) is 3.01. The number of rotatable bonds is 4. The summed E-state index contributed by atoms with van der Waals surface area (Å²) in [7, 11) is 0. The Balaban J connectivity index is 1.57. The van der Waals surface area contributed by atoms with Gasteiger partial charge in [-0.2, -0.15) is 0 Å². The Morgan fingerprint density at radius 1 is 0.964 bits per heavy atom. The summed E-state index contributed by atoms with van der Waals surface area (Å²) >= 11 is 7.03. The zero-order valence-corrected chi connectivity index (χ0v) is 15.8. The predicted octanol–water partition coefficient (Wildman–Crippen LogP) is 3.64. The van der Waals surface area contributed by atoms with Gasteiger partial charge in [0.25, 0.3) is 0 Å². The van der Waals surface area contributed by atoms with Crippen LogP contribution < -0.4 is 9.61 Å². The van der Waals surface area contributed by atoms with Crippen LogP contribution in [0.5, 0.6) is 11.6 Å². The van der Waals surface area contributed by atoms with Crippen LogP contribution in [0.15, 0.2) is 64.1 Å². The first-order valence-corrected chi connectivity index (χ1v) is 9.39. The molecule has 1 aliphatic carbocycles. The van der Waals surface area contributed by atoms with E-state index in [2.05, 4.69) is 4.98 Å². The number of allylic oxidation sites excluding steroid dienone is 2. The molecular weight excluding hydrogens is 402 g/mol. The number of ether oxygens (including phenoxy) is 1. The minimum Gasteiger partial charge on any atom is -0.494 e. The summed E-state index contributed by atoms with van der Waals surface area (Å²) in [6.45, 7) is 0. The monoisotopic (exact) mass is 413 g/mol. The highest BCUT2D eigenvalue weighted by Gasteiger charge is 2.32. The van der Waals surface area contributed by atoms with Crippen molar-refractivity contribution < 1.29 is 19.4 Å². The maximum Gasteiger partial charge on any atom is 0.307 e. The molecule has 2 N–H and O–H groups in total. The van der Waals surface area contributed by atoms with Crippen LogP contribution in [0.1, 0.15) is 31.2 Å². The standard InChI is InChI=1S/C20H12ClNO5S/c21-15-16(23)12-3-1-2-4-13(12)17(24)18(15)27-11-7-5-10(6-8-11)9-14-19(25)22-20(26)28-14/h1-8,25H,9H2,(H,22,26). The number of aromatic amines is 1. The molecule has 1 heterocycles. The van der Waals surface area contributed by atoms with Crippen LogP contribution in [0.25, 0.3) is 0 Å². The molecule has 140 valence electrons. The molecule has 8 heteroatoms. The first-order valence-electron chi connectivity index (χ1n) is 8.20. The van der Waals surface area contributed by atoms with Gasteiger partial charge in [0, 0.05) is 17.5 Å². The molecule has 4 rings (SSSR count). The number of fused-ring (bicyclic) bond motifs is 1. The zero-order valence-electron chi connectivity index (χ0n) is 14.2. The average molecular weight is 414 g/mol. The van der Waals surface area contributed by atoms with Crippen molar-refractivity contribution in [2.75, 3.05) is 0 Å². The van der Waals surface area contributed by atoms with Gasteiger partial charge in [0.2, 0.25) is 17.4 Å². The predicted molar refractivity (Wildman–Crippen MR) is 104 cm³/mol. The summed E-state index contributed by atoms with van der Waals surface area (Å²) in [5.41, 5.74) is 1.33. The lowest BCUT2D eigenvalue weighted by atomic mass is 9.93. The molecule has 0 unspecified atom stereocenters. The van der Waals surface area contributed by atoms with Crippen LogP contribution in [0.3, 0.4) is 0 Å². The van der Waals surface area contributed by atoms with Crippen LogP contribution in [-0.2, 0) is 6.42 Å². The number of carbonyl (C=O) groups excluding carboxylic acids is 2. The van der Waals surface area contributed by atoms with Crippen LogP contribution in [0, 0.1) is 0 Å². The third kappa shape index (κ3) is 3.26. The number of hydrogen-bond acceptors (Lipinski definition) is 6. The summed E-state index contributed by atoms with van der Waals surface area (Å²) in [5.74, 6) is -0.923. The quantitative estimate of drug-likeness (QED) is 0.680. The Kier molecular flexibility index (Phi) is 4.62. The van der Waals surface area contributed by atoms with E-state index in [0.717, 1.165) is 16.9 Å². The molecule has 0 atom stereocenters. The topological polar surface area (TPSA) is 96.5 Å². The molecule has 0 bridgehead atoms. The van der Waals surface area contributed by atoms with Crippen molar-refractivity contribution in [3.8, 4) is 11.6 Å². The lowest BCUT2D eigenvalue weighted by Gasteiger charge is -2.18. The molecular formula is C20H12ClNO5S. The fourth-order valence-corrected chi connectivity index (χ4v) is 3.85. The van der Waals surface area contributed by atoms with Gasteiger partial charge in [-0.05, 0) is 17.7 Å². The van der Waals surface area contributed by atoms with E-state index in [1.54, 1.807) is 48.5 Å². The minimum absolute atomic E-state index is 0.141. The van der Waals surface area contributed by atoms with Crippen molar-refractivity contribution in [1.29, 1.82) is 0 Å². The largest absolute Gasteiger partial charge is 0.494 e.